The molecule has 0 bridgehead atoms. The maximum Gasteiger partial charge on any atom is 0.216 e. The van der Waals surface area contributed by atoms with Gasteiger partial charge in [-0.25, -0.2) is 8.96 Å². The van der Waals surface area contributed by atoms with Crippen LogP contribution in [0.3, 0.4) is 0 Å². The molecule has 222 valence electrons. The van der Waals surface area contributed by atoms with Crippen LogP contribution in [0.5, 0.6) is 0 Å². The smallest absolute Gasteiger partial charge is 0.216 e. The van der Waals surface area contributed by atoms with Crippen LogP contribution < -0.4 is 4.57 Å². The molecule has 2 fully saturated rings. The van der Waals surface area contributed by atoms with Crippen molar-refractivity contribution in [3.8, 4) is 22.4 Å². The summed E-state index contributed by atoms with van der Waals surface area (Å²) < 4.78 is 24.5. The zero-order valence-electron chi connectivity index (χ0n) is 26.3. The fourth-order valence-corrected chi connectivity index (χ4v) is 8.21. The van der Waals surface area contributed by atoms with Crippen molar-refractivity contribution >= 4 is 21.9 Å². The minimum atomic E-state index is -0.238. The van der Waals surface area contributed by atoms with Crippen LogP contribution in [-0.2, 0) is 7.05 Å². The molecule has 2 aliphatic rings. The van der Waals surface area contributed by atoms with E-state index in [0.29, 0.717) is 23.0 Å². The first-order chi connectivity index (χ1) is 20.9. The highest BCUT2D eigenvalue weighted by Crippen LogP contribution is 2.45. The standard InChI is InChI=1S/C40H45FNO/c1-25(2)32-22-23-42(4)36(24-32)37-26(3)10-19-33-34-20-21-35(41)38(40(34)43-39(33)37)31-17-15-30(16-18-31)29-13-11-28(12-14-29)27-8-6-5-7-9-27/h10,15-25,27-29H,5-9,11-14H2,1-4H3/q+1. The second kappa shape index (κ2) is 11.6. The van der Waals surface area contributed by atoms with Crippen LogP contribution in [0.4, 0.5) is 4.39 Å². The van der Waals surface area contributed by atoms with Crippen LogP contribution in [0.1, 0.15) is 100 Å². The predicted molar refractivity (Wildman–Crippen MR) is 176 cm³/mol. The van der Waals surface area contributed by atoms with E-state index < -0.39 is 0 Å². The molecule has 0 unspecified atom stereocenters. The van der Waals surface area contributed by atoms with E-state index in [1.54, 1.807) is 6.07 Å². The monoisotopic (exact) mass is 574 g/mol. The quantitative estimate of drug-likeness (QED) is 0.191. The number of benzene rings is 3. The first-order valence-corrected chi connectivity index (χ1v) is 16.6. The van der Waals surface area contributed by atoms with Crippen molar-refractivity contribution in [2.45, 2.75) is 90.4 Å². The van der Waals surface area contributed by atoms with Crippen molar-refractivity contribution in [1.29, 1.82) is 0 Å². The van der Waals surface area contributed by atoms with Gasteiger partial charge in [-0.05, 0) is 90.7 Å². The normalized spacial score (nSPS) is 20.0. The van der Waals surface area contributed by atoms with Crippen molar-refractivity contribution in [3.05, 3.63) is 89.4 Å². The molecule has 0 amide bonds. The summed E-state index contributed by atoms with van der Waals surface area (Å²) in [7, 11) is 2.08. The molecule has 5 aromatic rings. The number of hydrogen-bond donors (Lipinski definition) is 0. The van der Waals surface area contributed by atoms with Gasteiger partial charge >= 0.3 is 0 Å². The Labute approximate surface area is 255 Å². The second-order valence-corrected chi connectivity index (χ2v) is 13.8. The van der Waals surface area contributed by atoms with Gasteiger partial charge in [0.2, 0.25) is 5.69 Å². The van der Waals surface area contributed by atoms with Crippen molar-refractivity contribution in [1.82, 2.24) is 0 Å². The Hall–Kier alpha value is -3.46. The third-order valence-electron chi connectivity index (χ3n) is 10.8. The molecule has 0 atom stereocenters. The summed E-state index contributed by atoms with van der Waals surface area (Å²) in [5.74, 6) is 2.70. The van der Waals surface area contributed by atoms with Crippen LogP contribution in [0.25, 0.3) is 44.3 Å². The lowest BCUT2D eigenvalue weighted by molar-refractivity contribution is -0.660. The molecule has 2 nitrogen and oxygen atoms in total. The van der Waals surface area contributed by atoms with Crippen LogP contribution in [-0.4, -0.2) is 0 Å². The molecule has 2 aliphatic carbocycles. The van der Waals surface area contributed by atoms with Gasteiger partial charge in [-0.15, -0.1) is 0 Å². The molecule has 0 aliphatic heterocycles. The first kappa shape index (κ1) is 28.3. The number of pyridine rings is 1. The van der Waals surface area contributed by atoms with E-state index in [9.17, 15) is 0 Å². The summed E-state index contributed by atoms with van der Waals surface area (Å²) in [5, 5.41) is 1.98. The van der Waals surface area contributed by atoms with Crippen molar-refractivity contribution < 1.29 is 13.4 Å². The molecular formula is C40H45FNO+. The minimum Gasteiger partial charge on any atom is -0.454 e. The Balaban J connectivity index is 1.24. The Kier molecular flexibility index (Phi) is 7.61. The van der Waals surface area contributed by atoms with Gasteiger partial charge < -0.3 is 4.42 Å². The fraction of sp³-hybridized carbons (Fsp3) is 0.425. The largest absolute Gasteiger partial charge is 0.454 e. The molecule has 7 rings (SSSR count). The molecule has 3 heteroatoms. The number of rotatable bonds is 5. The summed E-state index contributed by atoms with van der Waals surface area (Å²) in [6, 6.07) is 20.9. The molecule has 0 radical (unpaired) electrons. The highest BCUT2D eigenvalue weighted by molar-refractivity contribution is 6.13. The number of aromatic nitrogens is 1. The summed E-state index contributed by atoms with van der Waals surface area (Å²) in [6.45, 7) is 6.57. The van der Waals surface area contributed by atoms with Gasteiger partial charge in [-0.2, -0.15) is 0 Å². The summed E-state index contributed by atoms with van der Waals surface area (Å²) >= 11 is 0. The van der Waals surface area contributed by atoms with E-state index in [1.165, 1.54) is 68.9 Å². The topological polar surface area (TPSA) is 17.0 Å². The van der Waals surface area contributed by atoms with Gasteiger partial charge in [0.05, 0.1) is 11.1 Å². The number of aryl methyl sites for hydroxylation is 2. The number of hydrogen-bond acceptors (Lipinski definition) is 1. The highest BCUT2D eigenvalue weighted by Gasteiger charge is 2.29. The maximum atomic E-state index is 15.7. The number of fused-ring (bicyclic) bond motifs is 3. The zero-order chi connectivity index (χ0) is 29.7. The van der Waals surface area contributed by atoms with Gasteiger partial charge in [-0.1, -0.05) is 82.3 Å². The number of nitrogens with zero attached hydrogens (tertiary/aromatic N) is 1. The Morgan fingerprint density at radius 1 is 0.744 bits per heavy atom. The van der Waals surface area contributed by atoms with Crippen LogP contribution in [0.15, 0.2) is 71.3 Å². The van der Waals surface area contributed by atoms with Crippen molar-refractivity contribution in [3.63, 3.8) is 0 Å². The van der Waals surface area contributed by atoms with Crippen molar-refractivity contribution in [2.24, 2.45) is 18.9 Å². The molecule has 0 saturated heterocycles. The van der Waals surface area contributed by atoms with Gasteiger partial charge in [0.25, 0.3) is 0 Å². The second-order valence-electron chi connectivity index (χ2n) is 13.8. The van der Waals surface area contributed by atoms with E-state index in [-0.39, 0.29) is 5.82 Å². The van der Waals surface area contributed by atoms with Crippen molar-refractivity contribution in [2.75, 3.05) is 0 Å². The highest BCUT2D eigenvalue weighted by atomic mass is 19.1. The molecule has 3 aromatic carbocycles. The van der Waals surface area contributed by atoms with Crippen LogP contribution >= 0.6 is 0 Å². The van der Waals surface area contributed by atoms with E-state index >= 15 is 4.39 Å². The lowest BCUT2D eigenvalue weighted by atomic mass is 9.70. The fourth-order valence-electron chi connectivity index (χ4n) is 8.21. The number of furan rings is 1. The van der Waals surface area contributed by atoms with Gasteiger partial charge in [0.15, 0.2) is 6.20 Å². The minimum absolute atomic E-state index is 0.238. The third kappa shape index (κ3) is 5.19. The SMILES string of the molecule is Cc1ccc2c(oc3c(-c4ccc(C5CCC(C6CCCCC6)CC5)cc4)c(F)ccc32)c1-c1cc(C(C)C)cc[n+]1C. The molecule has 0 spiro atoms. The molecule has 0 N–H and O–H groups in total. The lowest BCUT2D eigenvalue weighted by Gasteiger charge is -2.36. The van der Waals surface area contributed by atoms with E-state index in [2.05, 4.69) is 87.1 Å². The zero-order valence-corrected chi connectivity index (χ0v) is 26.3. The third-order valence-corrected chi connectivity index (χ3v) is 10.8. The Morgan fingerprint density at radius 2 is 1.40 bits per heavy atom. The number of halogens is 1. The summed E-state index contributed by atoms with van der Waals surface area (Å²) in [6.07, 6.45) is 14.6. The Morgan fingerprint density at radius 3 is 2.09 bits per heavy atom. The molecule has 2 saturated carbocycles. The lowest BCUT2D eigenvalue weighted by Crippen LogP contribution is -2.31. The van der Waals surface area contributed by atoms with E-state index in [4.69, 9.17) is 4.42 Å². The van der Waals surface area contributed by atoms with Crippen LogP contribution in [0, 0.1) is 24.6 Å². The van der Waals surface area contributed by atoms with Gasteiger partial charge in [0.1, 0.15) is 24.0 Å². The molecule has 2 heterocycles. The maximum absolute atomic E-state index is 15.7. The van der Waals surface area contributed by atoms with Crippen LogP contribution in [0.2, 0.25) is 0 Å². The summed E-state index contributed by atoms with van der Waals surface area (Å²) in [4.78, 5) is 0. The molecule has 43 heavy (non-hydrogen) atoms. The van der Waals surface area contributed by atoms with Gasteiger partial charge in [0, 0.05) is 22.9 Å². The van der Waals surface area contributed by atoms with Gasteiger partial charge in [-0.3, -0.25) is 0 Å². The van der Waals surface area contributed by atoms with E-state index in [1.807, 2.05) is 6.07 Å². The average molecular weight is 575 g/mol. The Bertz CT molecular complexity index is 1760. The van der Waals surface area contributed by atoms with E-state index in [0.717, 1.165) is 50.6 Å². The summed E-state index contributed by atoms with van der Waals surface area (Å²) in [5.41, 5.74) is 8.91. The molecular weight excluding hydrogens is 529 g/mol. The predicted octanol–water partition coefficient (Wildman–Crippen LogP) is 11.2. The molecule has 2 aromatic heterocycles. The average Bonchev–Trinajstić information content (AvgIpc) is 3.40. The first-order valence-electron chi connectivity index (χ1n) is 16.6.